The van der Waals surface area contributed by atoms with Crippen molar-refractivity contribution in [2.24, 2.45) is 0 Å². The first-order valence-electron chi connectivity index (χ1n) is 6.90. The Bertz CT molecular complexity index is 425. The van der Waals surface area contributed by atoms with Crippen molar-refractivity contribution in [3.63, 3.8) is 0 Å². The molecule has 1 N–H and O–H groups in total. The first-order valence-corrected chi connectivity index (χ1v) is 6.90. The number of ether oxygens (including phenoxy) is 1. The van der Waals surface area contributed by atoms with Crippen molar-refractivity contribution in [1.29, 1.82) is 0 Å². The summed E-state index contributed by atoms with van der Waals surface area (Å²) in [6.07, 6.45) is 3.27. The summed E-state index contributed by atoms with van der Waals surface area (Å²) in [4.78, 5) is 0. The van der Waals surface area contributed by atoms with Gasteiger partial charge in [-0.15, -0.1) is 0 Å². The average molecular weight is 245 g/mol. The molecule has 0 radical (unpaired) electrons. The lowest BCUT2D eigenvalue weighted by Gasteiger charge is -2.14. The zero-order chi connectivity index (χ0) is 13.0. The third-order valence-corrected chi connectivity index (χ3v) is 3.61. The van der Waals surface area contributed by atoms with Crippen molar-refractivity contribution in [1.82, 2.24) is 5.32 Å². The van der Waals surface area contributed by atoms with Gasteiger partial charge in [-0.1, -0.05) is 32.6 Å². The third-order valence-electron chi connectivity index (χ3n) is 3.61. The van der Waals surface area contributed by atoms with Crippen LogP contribution in [0.3, 0.4) is 0 Å². The van der Waals surface area contributed by atoms with E-state index in [1.165, 1.54) is 17.5 Å². The Hall–Kier alpha value is -1.28. The van der Waals surface area contributed by atoms with Gasteiger partial charge in [0, 0.05) is 6.04 Å². The van der Waals surface area contributed by atoms with Gasteiger partial charge in [-0.05, 0) is 48.6 Å². The summed E-state index contributed by atoms with van der Waals surface area (Å²) >= 11 is 0. The Kier molecular flexibility index (Phi) is 4.43. The van der Waals surface area contributed by atoms with Crippen LogP contribution >= 0.6 is 0 Å². The van der Waals surface area contributed by atoms with E-state index in [1.807, 2.05) is 0 Å². The summed E-state index contributed by atoms with van der Waals surface area (Å²) in [5.74, 6) is 1.04. The zero-order valence-corrected chi connectivity index (χ0v) is 11.5. The molecular weight excluding hydrogens is 222 g/mol. The van der Waals surface area contributed by atoms with Gasteiger partial charge in [0.1, 0.15) is 12.4 Å². The predicted molar refractivity (Wildman–Crippen MR) is 76.1 cm³/mol. The second-order valence-corrected chi connectivity index (χ2v) is 4.87. The molecule has 1 aromatic carbocycles. The molecule has 98 valence electrons. The van der Waals surface area contributed by atoms with Crippen molar-refractivity contribution >= 4 is 0 Å². The van der Waals surface area contributed by atoms with Gasteiger partial charge >= 0.3 is 0 Å². The van der Waals surface area contributed by atoms with Crippen LogP contribution in [0.5, 0.6) is 5.75 Å². The predicted octanol–water partition coefficient (Wildman–Crippen LogP) is 3.63. The molecule has 0 aliphatic heterocycles. The quantitative estimate of drug-likeness (QED) is 0.773. The molecule has 1 aliphatic carbocycles. The molecule has 0 saturated heterocycles. The number of benzene rings is 1. The van der Waals surface area contributed by atoms with E-state index in [0.717, 1.165) is 30.7 Å². The first-order chi connectivity index (χ1) is 8.76. The molecule has 0 spiro atoms. The summed E-state index contributed by atoms with van der Waals surface area (Å²) in [5.41, 5.74) is 3.94. The van der Waals surface area contributed by atoms with E-state index in [-0.39, 0.29) is 0 Å². The Morgan fingerprint density at radius 1 is 1.44 bits per heavy atom. The van der Waals surface area contributed by atoms with Crippen LogP contribution in [0.1, 0.15) is 43.9 Å². The Morgan fingerprint density at radius 2 is 2.28 bits per heavy atom. The maximum Gasteiger partial charge on any atom is 0.123 e. The topological polar surface area (TPSA) is 21.3 Å². The van der Waals surface area contributed by atoms with Crippen molar-refractivity contribution < 1.29 is 4.74 Å². The van der Waals surface area contributed by atoms with Gasteiger partial charge in [-0.25, -0.2) is 0 Å². The molecule has 0 heterocycles. The van der Waals surface area contributed by atoms with Crippen molar-refractivity contribution in [3.8, 4) is 5.75 Å². The summed E-state index contributed by atoms with van der Waals surface area (Å²) < 4.78 is 5.90. The lowest BCUT2D eigenvalue weighted by molar-refractivity contribution is 0.346. The molecule has 0 fully saturated rings. The van der Waals surface area contributed by atoms with E-state index in [4.69, 9.17) is 4.74 Å². The minimum atomic E-state index is 0.503. The fourth-order valence-electron chi connectivity index (χ4n) is 2.50. The summed E-state index contributed by atoms with van der Waals surface area (Å²) in [7, 11) is 0. The molecule has 0 aromatic heterocycles. The maximum absolute atomic E-state index is 5.90. The molecule has 0 saturated carbocycles. The molecule has 2 rings (SSSR count). The molecule has 0 bridgehead atoms. The fourth-order valence-corrected chi connectivity index (χ4v) is 2.50. The summed E-state index contributed by atoms with van der Waals surface area (Å²) in [6, 6.07) is 6.90. The van der Waals surface area contributed by atoms with E-state index < -0.39 is 0 Å². The van der Waals surface area contributed by atoms with Gasteiger partial charge < -0.3 is 10.1 Å². The number of nitrogens with one attached hydrogen (secondary N) is 1. The average Bonchev–Trinajstić information content (AvgIpc) is 2.80. The second-order valence-electron chi connectivity index (χ2n) is 4.87. The van der Waals surface area contributed by atoms with Crippen LogP contribution in [-0.2, 0) is 6.42 Å². The number of hydrogen-bond acceptors (Lipinski definition) is 2. The molecule has 1 unspecified atom stereocenters. The number of rotatable bonds is 6. The van der Waals surface area contributed by atoms with Crippen LogP contribution in [0.2, 0.25) is 0 Å². The standard InChI is InChI=1S/C16H23NO/c1-4-12(3)11-18-16-8-6-7-13-14(16)9-10-15(13)17-5-2/h6-8,15,17H,3-5,9-11H2,1-2H3. The van der Waals surface area contributed by atoms with Crippen molar-refractivity contribution in [3.05, 3.63) is 41.5 Å². The molecule has 2 nitrogen and oxygen atoms in total. The van der Waals surface area contributed by atoms with Crippen LogP contribution < -0.4 is 10.1 Å². The monoisotopic (exact) mass is 245 g/mol. The van der Waals surface area contributed by atoms with Gasteiger partial charge in [0.2, 0.25) is 0 Å². The molecule has 18 heavy (non-hydrogen) atoms. The lowest BCUT2D eigenvalue weighted by atomic mass is 10.1. The van der Waals surface area contributed by atoms with E-state index in [0.29, 0.717) is 12.6 Å². The molecule has 2 heteroatoms. The highest BCUT2D eigenvalue weighted by Gasteiger charge is 2.24. The first kappa shape index (κ1) is 13.2. The SMILES string of the molecule is C=C(CC)COc1cccc2c1CCC2NCC. The van der Waals surface area contributed by atoms with Crippen LogP contribution in [0.25, 0.3) is 0 Å². The van der Waals surface area contributed by atoms with Crippen LogP contribution in [0, 0.1) is 0 Å². The van der Waals surface area contributed by atoms with Crippen LogP contribution in [-0.4, -0.2) is 13.2 Å². The third kappa shape index (κ3) is 2.75. The minimum absolute atomic E-state index is 0.503. The normalized spacial score (nSPS) is 17.6. The Labute approximate surface area is 110 Å². The van der Waals surface area contributed by atoms with E-state index in [9.17, 15) is 0 Å². The highest BCUT2D eigenvalue weighted by molar-refractivity contribution is 5.45. The molecule has 1 atom stereocenters. The maximum atomic E-state index is 5.90. The zero-order valence-electron chi connectivity index (χ0n) is 11.5. The van der Waals surface area contributed by atoms with Gasteiger partial charge in [0.25, 0.3) is 0 Å². The Balaban J connectivity index is 2.12. The van der Waals surface area contributed by atoms with Gasteiger partial charge in [0.05, 0.1) is 0 Å². The molecule has 1 aliphatic rings. The van der Waals surface area contributed by atoms with Gasteiger partial charge in [0.15, 0.2) is 0 Å². The van der Waals surface area contributed by atoms with Gasteiger partial charge in [-0.3, -0.25) is 0 Å². The minimum Gasteiger partial charge on any atom is -0.489 e. The largest absolute Gasteiger partial charge is 0.489 e. The van der Waals surface area contributed by atoms with Gasteiger partial charge in [-0.2, -0.15) is 0 Å². The Morgan fingerprint density at radius 3 is 3.00 bits per heavy atom. The summed E-state index contributed by atoms with van der Waals surface area (Å²) in [6.45, 7) is 9.91. The van der Waals surface area contributed by atoms with Crippen molar-refractivity contribution in [2.45, 2.75) is 39.2 Å². The number of fused-ring (bicyclic) bond motifs is 1. The van der Waals surface area contributed by atoms with Crippen LogP contribution in [0.15, 0.2) is 30.4 Å². The second kappa shape index (κ2) is 6.05. The smallest absolute Gasteiger partial charge is 0.123 e. The highest BCUT2D eigenvalue weighted by Crippen LogP contribution is 2.36. The van der Waals surface area contributed by atoms with Crippen molar-refractivity contribution in [2.75, 3.05) is 13.2 Å². The van der Waals surface area contributed by atoms with E-state index in [2.05, 4.69) is 43.9 Å². The van der Waals surface area contributed by atoms with E-state index in [1.54, 1.807) is 0 Å². The summed E-state index contributed by atoms with van der Waals surface area (Å²) in [5, 5.41) is 3.53. The number of hydrogen-bond donors (Lipinski definition) is 1. The molecule has 0 amide bonds. The molecule has 1 aromatic rings. The molecular formula is C16H23NO. The fraction of sp³-hybridized carbons (Fsp3) is 0.500. The van der Waals surface area contributed by atoms with Crippen LogP contribution in [0.4, 0.5) is 0 Å². The lowest BCUT2D eigenvalue weighted by Crippen LogP contribution is -2.18. The van der Waals surface area contributed by atoms with E-state index >= 15 is 0 Å². The highest BCUT2D eigenvalue weighted by atomic mass is 16.5.